The van der Waals surface area contributed by atoms with Crippen molar-refractivity contribution < 1.29 is 17.9 Å². The number of anilines is 2. The molecule has 1 aliphatic heterocycles. The number of nitrogens with zero attached hydrogens (tertiary/aromatic N) is 4. The summed E-state index contributed by atoms with van der Waals surface area (Å²) < 4.78 is 45.1. The topological polar surface area (TPSA) is 95.8 Å². The van der Waals surface area contributed by atoms with Crippen LogP contribution in [0.3, 0.4) is 0 Å². The van der Waals surface area contributed by atoms with E-state index < -0.39 is 17.6 Å². The molecular formula is C16H15F3N6O. The third-order valence-corrected chi connectivity index (χ3v) is 3.72. The van der Waals surface area contributed by atoms with Gasteiger partial charge in [-0.3, -0.25) is 0 Å². The Morgan fingerprint density at radius 2 is 2.12 bits per heavy atom. The molecule has 3 heterocycles. The average Bonchev–Trinajstić information content (AvgIpc) is 2.62. The van der Waals surface area contributed by atoms with Crippen LogP contribution in [0.1, 0.15) is 24.1 Å². The lowest BCUT2D eigenvalue weighted by Crippen LogP contribution is -2.37. The van der Waals surface area contributed by atoms with Crippen molar-refractivity contribution in [1.29, 1.82) is 5.26 Å². The van der Waals surface area contributed by atoms with Gasteiger partial charge in [-0.1, -0.05) is 0 Å². The molecule has 0 unspecified atom stereocenters. The molecule has 0 saturated carbocycles. The van der Waals surface area contributed by atoms with E-state index in [1.54, 1.807) is 6.07 Å². The van der Waals surface area contributed by atoms with Crippen LogP contribution in [0.5, 0.6) is 5.88 Å². The zero-order chi connectivity index (χ0) is 18.6. The summed E-state index contributed by atoms with van der Waals surface area (Å²) in [5.74, 6) is -0.561. The average molecular weight is 364 g/mol. The van der Waals surface area contributed by atoms with Gasteiger partial charge >= 0.3 is 6.18 Å². The lowest BCUT2D eigenvalue weighted by atomic mass is 10.1. The summed E-state index contributed by atoms with van der Waals surface area (Å²) in [5, 5.41) is 14.6. The summed E-state index contributed by atoms with van der Waals surface area (Å²) in [7, 11) is 0. The summed E-state index contributed by atoms with van der Waals surface area (Å²) in [6.07, 6.45) is -1.48. The Morgan fingerprint density at radius 1 is 1.27 bits per heavy atom. The third-order valence-electron chi connectivity index (χ3n) is 3.72. The fraction of sp³-hybridized carbons (Fsp3) is 0.375. The molecule has 10 heteroatoms. The molecule has 1 atom stereocenters. The van der Waals surface area contributed by atoms with Crippen molar-refractivity contribution in [2.45, 2.75) is 25.1 Å². The highest BCUT2D eigenvalue weighted by molar-refractivity contribution is 5.53. The number of piperidine rings is 1. The molecule has 0 radical (unpaired) electrons. The van der Waals surface area contributed by atoms with Gasteiger partial charge in [0, 0.05) is 12.7 Å². The minimum atomic E-state index is -4.62. The summed E-state index contributed by atoms with van der Waals surface area (Å²) in [6, 6.07) is 4.90. The highest BCUT2D eigenvalue weighted by Crippen LogP contribution is 2.36. The van der Waals surface area contributed by atoms with Crippen LogP contribution in [0.2, 0.25) is 0 Å². The molecule has 1 aliphatic rings. The third kappa shape index (κ3) is 4.37. The molecule has 0 bridgehead atoms. The fourth-order valence-electron chi connectivity index (χ4n) is 2.45. The summed E-state index contributed by atoms with van der Waals surface area (Å²) >= 11 is 0. The number of hydrogen-bond donors (Lipinski definition) is 2. The number of rotatable bonds is 4. The second kappa shape index (κ2) is 7.53. The maximum atomic E-state index is 13.2. The first-order valence-electron chi connectivity index (χ1n) is 7.90. The van der Waals surface area contributed by atoms with Gasteiger partial charge in [0.15, 0.2) is 0 Å². The second-order valence-electron chi connectivity index (χ2n) is 5.67. The first-order valence-corrected chi connectivity index (χ1v) is 7.90. The standard InChI is InChI=1S/C16H15F3N6O/c17-16(18,19)13-9-23-15(24-11-4-3-10(6-20)22-7-11)25-14(13)26-12-2-1-5-21-8-12/h3-4,7,9,12,21H,1-2,5,8H2,(H,23,24,25)/t12-/m0/s1. The molecule has 2 N–H and O–H groups in total. The Bertz CT molecular complexity index is 797. The van der Waals surface area contributed by atoms with Crippen molar-refractivity contribution in [2.24, 2.45) is 0 Å². The lowest BCUT2D eigenvalue weighted by Gasteiger charge is -2.24. The van der Waals surface area contributed by atoms with Crippen molar-refractivity contribution in [1.82, 2.24) is 20.3 Å². The van der Waals surface area contributed by atoms with Gasteiger partial charge in [0.25, 0.3) is 0 Å². The van der Waals surface area contributed by atoms with E-state index in [0.29, 0.717) is 24.8 Å². The van der Waals surface area contributed by atoms with Gasteiger partial charge in [-0.05, 0) is 31.5 Å². The van der Waals surface area contributed by atoms with Crippen LogP contribution in [0.4, 0.5) is 24.8 Å². The van der Waals surface area contributed by atoms with Gasteiger partial charge < -0.3 is 15.4 Å². The highest BCUT2D eigenvalue weighted by atomic mass is 19.4. The number of pyridine rings is 1. The summed E-state index contributed by atoms with van der Waals surface area (Å²) in [5.41, 5.74) is -0.363. The van der Waals surface area contributed by atoms with Gasteiger partial charge in [0.05, 0.1) is 11.9 Å². The van der Waals surface area contributed by atoms with E-state index >= 15 is 0 Å². The Kier molecular flexibility index (Phi) is 5.18. The van der Waals surface area contributed by atoms with Crippen molar-refractivity contribution in [3.8, 4) is 11.9 Å². The largest absolute Gasteiger partial charge is 0.472 e. The lowest BCUT2D eigenvalue weighted by molar-refractivity contribution is -0.140. The van der Waals surface area contributed by atoms with E-state index in [0.717, 1.165) is 13.0 Å². The van der Waals surface area contributed by atoms with E-state index in [4.69, 9.17) is 10.00 Å². The zero-order valence-electron chi connectivity index (χ0n) is 13.5. The minimum absolute atomic E-state index is 0.0525. The van der Waals surface area contributed by atoms with Gasteiger partial charge in [0.1, 0.15) is 23.4 Å². The molecule has 136 valence electrons. The maximum absolute atomic E-state index is 13.2. The van der Waals surface area contributed by atoms with Crippen LogP contribution in [0, 0.1) is 11.3 Å². The van der Waals surface area contributed by atoms with Crippen LogP contribution in [-0.2, 0) is 6.18 Å². The first-order chi connectivity index (χ1) is 12.5. The van der Waals surface area contributed by atoms with Crippen molar-refractivity contribution >= 4 is 11.6 Å². The second-order valence-corrected chi connectivity index (χ2v) is 5.67. The molecule has 0 amide bonds. The highest BCUT2D eigenvalue weighted by Gasteiger charge is 2.37. The van der Waals surface area contributed by atoms with Crippen LogP contribution >= 0.6 is 0 Å². The SMILES string of the molecule is N#Cc1ccc(Nc2ncc(C(F)(F)F)c(O[C@H]3CCCNC3)n2)cn1. The first kappa shape index (κ1) is 17.9. The van der Waals surface area contributed by atoms with Crippen LogP contribution in [0.15, 0.2) is 24.5 Å². The quantitative estimate of drug-likeness (QED) is 0.861. The number of halogens is 3. The van der Waals surface area contributed by atoms with Gasteiger partial charge in [-0.25, -0.2) is 9.97 Å². The van der Waals surface area contributed by atoms with Crippen molar-refractivity contribution in [3.63, 3.8) is 0 Å². The minimum Gasteiger partial charge on any atom is -0.472 e. The molecular weight excluding hydrogens is 349 g/mol. The molecule has 0 aliphatic carbocycles. The van der Waals surface area contributed by atoms with Gasteiger partial charge in [-0.15, -0.1) is 0 Å². The number of alkyl halides is 3. The fourth-order valence-corrected chi connectivity index (χ4v) is 2.45. The molecule has 1 fully saturated rings. The predicted octanol–water partition coefficient (Wildman–Crippen LogP) is 2.64. The zero-order valence-corrected chi connectivity index (χ0v) is 13.5. The van der Waals surface area contributed by atoms with E-state index in [1.807, 2.05) is 6.07 Å². The van der Waals surface area contributed by atoms with Crippen molar-refractivity contribution in [3.05, 3.63) is 35.8 Å². The number of aromatic nitrogens is 3. The van der Waals surface area contributed by atoms with E-state index in [-0.39, 0.29) is 17.7 Å². The molecule has 3 rings (SSSR count). The van der Waals surface area contributed by atoms with Gasteiger partial charge in [0.2, 0.25) is 11.8 Å². The molecule has 0 spiro atoms. The number of nitrogens with one attached hydrogen (secondary N) is 2. The Labute approximate surface area is 147 Å². The number of ether oxygens (including phenoxy) is 1. The monoisotopic (exact) mass is 364 g/mol. The molecule has 1 saturated heterocycles. The van der Waals surface area contributed by atoms with E-state index in [9.17, 15) is 13.2 Å². The predicted molar refractivity (Wildman–Crippen MR) is 85.8 cm³/mol. The van der Waals surface area contributed by atoms with Crippen LogP contribution < -0.4 is 15.4 Å². The van der Waals surface area contributed by atoms with Crippen LogP contribution in [-0.4, -0.2) is 34.1 Å². The molecule has 2 aromatic heterocycles. The van der Waals surface area contributed by atoms with Crippen molar-refractivity contribution in [2.75, 3.05) is 18.4 Å². The summed E-state index contributed by atoms with van der Waals surface area (Å²) in [6.45, 7) is 1.28. The molecule has 7 nitrogen and oxygen atoms in total. The molecule has 2 aromatic rings. The maximum Gasteiger partial charge on any atom is 0.423 e. The normalized spacial score (nSPS) is 17.4. The Hall–Kier alpha value is -2.93. The van der Waals surface area contributed by atoms with Crippen LogP contribution in [0.25, 0.3) is 0 Å². The Balaban J connectivity index is 1.84. The number of hydrogen-bond acceptors (Lipinski definition) is 7. The summed E-state index contributed by atoms with van der Waals surface area (Å²) in [4.78, 5) is 11.5. The van der Waals surface area contributed by atoms with E-state index in [2.05, 4.69) is 25.6 Å². The smallest absolute Gasteiger partial charge is 0.423 e. The Morgan fingerprint density at radius 3 is 2.73 bits per heavy atom. The number of nitriles is 1. The van der Waals surface area contributed by atoms with E-state index in [1.165, 1.54) is 12.3 Å². The molecule has 0 aromatic carbocycles. The van der Waals surface area contributed by atoms with Gasteiger partial charge in [-0.2, -0.15) is 23.4 Å². The molecule has 26 heavy (non-hydrogen) atoms.